The van der Waals surface area contributed by atoms with Crippen molar-refractivity contribution in [1.82, 2.24) is 9.55 Å². The van der Waals surface area contributed by atoms with Gasteiger partial charge in [-0.3, -0.25) is 14.2 Å². The van der Waals surface area contributed by atoms with E-state index in [1.807, 2.05) is 0 Å². The molecule has 1 rings (SSSR count). The fourth-order valence-corrected chi connectivity index (χ4v) is 1.14. The number of hydrogen-bond acceptors (Lipinski definition) is 4. The molecular weight excluding hydrogens is 641 g/mol. The molecule has 1 aromatic heterocycles. The Hall–Kier alpha value is 1.21. The third-order valence-corrected chi connectivity index (χ3v) is 1.67. The van der Waals surface area contributed by atoms with Crippen LogP contribution in [0.5, 0.6) is 0 Å². The molecule has 0 atom stereocenters. The fraction of sp³-hybridized carbons (Fsp3) is 0.286. The molecule has 1 heterocycles. The number of halogens is 4. The van der Waals surface area contributed by atoms with Gasteiger partial charge in [-0.2, -0.15) is 0 Å². The molecule has 0 radical (unpaired) electrons. The molecule has 11 heteroatoms. The second kappa shape index (κ2) is 10.0. The summed E-state index contributed by atoms with van der Waals surface area (Å²) in [5.41, 5.74) is -0.515. The average molecular weight is 649 g/mol. The van der Waals surface area contributed by atoms with Gasteiger partial charge in [0.25, 0.3) is 5.56 Å². The van der Waals surface area contributed by atoms with E-state index >= 15 is 0 Å². The van der Waals surface area contributed by atoms with Crippen LogP contribution >= 0.6 is 71.5 Å². The minimum absolute atomic E-state index is 0.0266. The molecule has 2 N–H and O–H groups in total. The van der Waals surface area contributed by atoms with Gasteiger partial charge in [-0.15, -0.1) is 0 Å². The summed E-state index contributed by atoms with van der Waals surface area (Å²) in [4.78, 5) is 25.2. The number of carboxylic acid groups (broad SMARTS) is 1. The Labute approximate surface area is 146 Å². The molecule has 6 nitrogen and oxygen atoms in total. The summed E-state index contributed by atoms with van der Waals surface area (Å²) in [5.74, 6) is -1.09. The SMILES string of the molecule is CNc1nc(Cl)cn(CC(=O)O)c1=O.[I][V]([I])[I]. The van der Waals surface area contributed by atoms with E-state index < -0.39 is 18.1 Å². The molecule has 18 heavy (non-hydrogen) atoms. The maximum atomic E-state index is 11.4. The summed E-state index contributed by atoms with van der Waals surface area (Å²) in [7, 11) is 1.51. The normalized spacial score (nSPS) is 9.67. The van der Waals surface area contributed by atoms with Gasteiger partial charge < -0.3 is 10.4 Å². The van der Waals surface area contributed by atoms with Gasteiger partial charge in [-0.1, -0.05) is 11.6 Å². The molecular formula is C7H8ClI3N3O3V. The van der Waals surface area contributed by atoms with Crippen molar-refractivity contribution >= 4 is 83.3 Å². The predicted molar refractivity (Wildman–Crippen MR) is 92.7 cm³/mol. The van der Waals surface area contributed by atoms with Gasteiger partial charge in [0.2, 0.25) is 0 Å². The molecule has 0 fully saturated rings. The second-order valence-corrected chi connectivity index (χ2v) is 38.4. The first-order chi connectivity index (χ1) is 8.27. The summed E-state index contributed by atoms with van der Waals surface area (Å²) in [6.07, 6.45) is 1.18. The minimum atomic E-state index is -1.11. The van der Waals surface area contributed by atoms with Crippen molar-refractivity contribution in [2.75, 3.05) is 12.4 Å². The van der Waals surface area contributed by atoms with Crippen LogP contribution in [0.4, 0.5) is 5.82 Å². The number of aliphatic carboxylic acids is 1. The Morgan fingerprint density at radius 1 is 1.61 bits per heavy atom. The first-order valence-corrected chi connectivity index (χ1v) is 18.1. The number of rotatable bonds is 3. The molecule has 0 aliphatic rings. The number of carbonyl (C=O) groups is 1. The summed E-state index contributed by atoms with van der Waals surface area (Å²) < 4.78 is 0.976. The number of hydrogen-bond donors (Lipinski definition) is 2. The van der Waals surface area contributed by atoms with E-state index in [0.717, 1.165) is 4.57 Å². The van der Waals surface area contributed by atoms with Crippen molar-refractivity contribution in [1.29, 1.82) is 0 Å². The van der Waals surface area contributed by atoms with Gasteiger partial charge in [0.15, 0.2) is 5.82 Å². The van der Waals surface area contributed by atoms with E-state index in [1.54, 1.807) is 0 Å². The maximum absolute atomic E-state index is 11.4. The van der Waals surface area contributed by atoms with Gasteiger partial charge in [0, 0.05) is 13.2 Å². The van der Waals surface area contributed by atoms with Gasteiger partial charge in [0.05, 0.1) is 0 Å². The zero-order valence-corrected chi connectivity index (χ0v) is 17.5. The van der Waals surface area contributed by atoms with E-state index in [-0.39, 0.29) is 15.9 Å². The van der Waals surface area contributed by atoms with Gasteiger partial charge in [0.1, 0.15) is 11.7 Å². The molecule has 0 spiro atoms. The van der Waals surface area contributed by atoms with Crippen molar-refractivity contribution < 1.29 is 14.8 Å². The molecule has 0 aliphatic heterocycles. The second-order valence-electron chi connectivity index (χ2n) is 2.68. The van der Waals surface area contributed by atoms with E-state index in [1.165, 1.54) is 13.2 Å². The molecule has 102 valence electrons. The monoisotopic (exact) mass is 649 g/mol. The molecule has 0 saturated heterocycles. The molecule has 1 aromatic rings. The first kappa shape index (κ1) is 19.2. The van der Waals surface area contributed by atoms with Gasteiger partial charge in [-0.05, 0) is 0 Å². The number of aromatic nitrogens is 2. The fourth-order valence-electron chi connectivity index (χ4n) is 0.933. The van der Waals surface area contributed by atoms with E-state index in [0.29, 0.717) is 0 Å². The Morgan fingerprint density at radius 3 is 2.50 bits per heavy atom. The third-order valence-electron chi connectivity index (χ3n) is 1.49. The predicted octanol–water partition coefficient (Wildman–Crippen LogP) is 2.68. The van der Waals surface area contributed by atoms with Crippen molar-refractivity contribution in [3.63, 3.8) is 0 Å². The summed E-state index contributed by atoms with van der Waals surface area (Å²) >= 11 is 13.0. The Balaban J connectivity index is 0.000000631. The number of nitrogens with one attached hydrogen (secondary N) is 1. The first-order valence-electron chi connectivity index (χ1n) is 4.22. The van der Waals surface area contributed by atoms with Crippen LogP contribution < -0.4 is 10.9 Å². The van der Waals surface area contributed by atoms with Gasteiger partial charge >= 0.3 is 70.8 Å². The molecule has 0 saturated carbocycles. The van der Waals surface area contributed by atoms with Crippen LogP contribution in [0.3, 0.4) is 0 Å². The van der Waals surface area contributed by atoms with E-state index in [9.17, 15) is 9.59 Å². The zero-order valence-electron chi connectivity index (χ0n) is 8.90. The standard InChI is InChI=1S/C7H8ClN3O3.3HI.V/c1-9-6-7(14)11(3-5(12)13)2-4(8)10-6;;;;/h2H,3H2,1H3,(H,9,10)(H,12,13);3*1H;/q;;;;+3/p-3. The number of carboxylic acids is 1. The van der Waals surface area contributed by atoms with Crippen molar-refractivity contribution in [2.45, 2.75) is 6.54 Å². The Kier molecular flexibility index (Phi) is 10.7. The third kappa shape index (κ3) is 8.40. The van der Waals surface area contributed by atoms with Crippen LogP contribution in [0.25, 0.3) is 0 Å². The molecule has 0 bridgehead atoms. The summed E-state index contributed by atoms with van der Waals surface area (Å²) in [6.45, 7) is -0.435. The van der Waals surface area contributed by atoms with E-state index in [4.69, 9.17) is 16.7 Å². The number of nitrogens with zero attached hydrogens (tertiary/aromatic N) is 2. The topological polar surface area (TPSA) is 84.2 Å². The summed E-state index contributed by atoms with van der Waals surface area (Å²) in [6, 6.07) is 0. The Morgan fingerprint density at radius 2 is 2.11 bits per heavy atom. The van der Waals surface area contributed by atoms with Crippen molar-refractivity contribution in [2.24, 2.45) is 0 Å². The zero-order chi connectivity index (χ0) is 14.3. The van der Waals surface area contributed by atoms with E-state index in [2.05, 4.69) is 70.2 Å². The molecule has 0 unspecified atom stereocenters. The van der Waals surface area contributed by atoms with Crippen LogP contribution in [0.2, 0.25) is 5.15 Å². The van der Waals surface area contributed by atoms with Crippen LogP contribution in [-0.4, -0.2) is 27.7 Å². The van der Waals surface area contributed by atoms with Crippen molar-refractivity contribution in [3.8, 4) is 0 Å². The van der Waals surface area contributed by atoms with Crippen LogP contribution in [0.1, 0.15) is 0 Å². The van der Waals surface area contributed by atoms with Crippen molar-refractivity contribution in [3.05, 3.63) is 21.7 Å². The molecule has 0 amide bonds. The van der Waals surface area contributed by atoms with Gasteiger partial charge in [-0.25, -0.2) is 4.98 Å². The van der Waals surface area contributed by atoms with Crippen LogP contribution in [-0.2, 0) is 16.3 Å². The molecule has 0 aromatic carbocycles. The summed E-state index contributed by atoms with van der Waals surface area (Å²) in [5, 5.41) is 11.1. The van der Waals surface area contributed by atoms with Crippen LogP contribution in [0, 0.1) is 0 Å². The number of anilines is 1. The molecule has 0 aliphatic carbocycles. The van der Waals surface area contributed by atoms with Crippen LogP contribution in [0.15, 0.2) is 11.0 Å². The Bertz CT molecular complexity index is 468. The average Bonchev–Trinajstić information content (AvgIpc) is 2.21. The quantitative estimate of drug-likeness (QED) is 0.493.